The summed E-state index contributed by atoms with van der Waals surface area (Å²) in [5, 5.41) is 7.46. The van der Waals surface area contributed by atoms with Gasteiger partial charge in [0.15, 0.2) is 5.96 Å². The lowest BCUT2D eigenvalue weighted by Crippen LogP contribution is -2.44. The van der Waals surface area contributed by atoms with Gasteiger partial charge in [0.1, 0.15) is 0 Å². The summed E-state index contributed by atoms with van der Waals surface area (Å²) in [7, 11) is 1.71. The molecule has 1 fully saturated rings. The van der Waals surface area contributed by atoms with Crippen LogP contribution in [0, 0.1) is 0 Å². The number of guanidine groups is 1. The zero-order valence-corrected chi connectivity index (χ0v) is 14.4. The van der Waals surface area contributed by atoms with Crippen molar-refractivity contribution in [1.82, 2.24) is 10.6 Å². The van der Waals surface area contributed by atoms with Crippen molar-refractivity contribution >= 4 is 17.6 Å². The van der Waals surface area contributed by atoms with Gasteiger partial charge in [-0.1, -0.05) is 23.7 Å². The minimum atomic E-state index is 0.164. The van der Waals surface area contributed by atoms with E-state index >= 15 is 0 Å². The maximum Gasteiger partial charge on any atom is 0.191 e. The Hall–Kier alpha value is -1.26. The number of halogens is 1. The van der Waals surface area contributed by atoms with E-state index in [0.29, 0.717) is 6.61 Å². The van der Waals surface area contributed by atoms with Crippen molar-refractivity contribution in [2.75, 3.05) is 26.8 Å². The Balaban J connectivity index is 2.03. The molecule has 2 rings (SSSR count). The van der Waals surface area contributed by atoms with Gasteiger partial charge in [0, 0.05) is 30.1 Å². The van der Waals surface area contributed by atoms with Crippen LogP contribution in [0.1, 0.15) is 32.3 Å². The number of methoxy groups -OCH3 is 1. The molecule has 1 aromatic rings. The van der Waals surface area contributed by atoms with E-state index in [-0.39, 0.29) is 11.5 Å². The first kappa shape index (κ1) is 17.1. The summed E-state index contributed by atoms with van der Waals surface area (Å²) in [5.74, 6) is 0.848. The topological polar surface area (TPSA) is 45.7 Å². The summed E-state index contributed by atoms with van der Waals surface area (Å²) >= 11 is 6.12. The summed E-state index contributed by atoms with van der Waals surface area (Å²) in [6.45, 7) is 6.43. The van der Waals surface area contributed by atoms with Gasteiger partial charge in [0.25, 0.3) is 0 Å². The van der Waals surface area contributed by atoms with Crippen LogP contribution < -0.4 is 10.6 Å². The van der Waals surface area contributed by atoms with Crippen LogP contribution in [0.2, 0.25) is 5.02 Å². The van der Waals surface area contributed by atoms with E-state index in [9.17, 15) is 0 Å². The predicted molar refractivity (Wildman–Crippen MR) is 92.8 cm³/mol. The van der Waals surface area contributed by atoms with Gasteiger partial charge in [-0.3, -0.25) is 4.99 Å². The average molecular weight is 324 g/mol. The molecule has 22 heavy (non-hydrogen) atoms. The Kier molecular flexibility index (Phi) is 6.09. The fourth-order valence-corrected chi connectivity index (χ4v) is 2.77. The molecule has 5 heteroatoms. The second-order valence-electron chi connectivity index (χ2n) is 5.99. The van der Waals surface area contributed by atoms with Gasteiger partial charge in [0.2, 0.25) is 0 Å². The van der Waals surface area contributed by atoms with Crippen LogP contribution in [0.5, 0.6) is 0 Å². The molecule has 0 aliphatic heterocycles. The number of nitrogens with zero attached hydrogens (tertiary/aromatic N) is 1. The Bertz CT molecular complexity index is 514. The van der Waals surface area contributed by atoms with E-state index in [4.69, 9.17) is 21.3 Å². The number of ether oxygens (including phenoxy) is 1. The molecule has 1 aromatic carbocycles. The summed E-state index contributed by atoms with van der Waals surface area (Å²) in [6.07, 6.45) is 2.34. The van der Waals surface area contributed by atoms with Crippen LogP contribution in [0.25, 0.3) is 0 Å². The molecule has 1 atom stereocenters. The van der Waals surface area contributed by atoms with Crippen molar-refractivity contribution in [3.63, 3.8) is 0 Å². The Morgan fingerprint density at radius 3 is 2.82 bits per heavy atom. The largest absolute Gasteiger partial charge is 0.383 e. The molecule has 0 radical (unpaired) electrons. The quantitative estimate of drug-likeness (QED) is 0.599. The van der Waals surface area contributed by atoms with Gasteiger partial charge in [-0.25, -0.2) is 0 Å². The van der Waals surface area contributed by atoms with Crippen molar-refractivity contribution in [1.29, 1.82) is 0 Å². The first-order valence-electron chi connectivity index (χ1n) is 7.89. The Labute approximate surface area is 138 Å². The summed E-state index contributed by atoms with van der Waals surface area (Å²) < 4.78 is 5.16. The highest BCUT2D eigenvalue weighted by Gasteiger charge is 2.44. The second kappa shape index (κ2) is 7.84. The minimum Gasteiger partial charge on any atom is -0.383 e. The van der Waals surface area contributed by atoms with E-state index in [0.717, 1.165) is 24.1 Å². The molecule has 0 aromatic heterocycles. The monoisotopic (exact) mass is 323 g/mol. The van der Waals surface area contributed by atoms with Crippen molar-refractivity contribution < 1.29 is 4.74 Å². The number of rotatable bonds is 7. The predicted octanol–water partition coefficient (Wildman–Crippen LogP) is 2.96. The molecule has 1 aliphatic rings. The minimum absolute atomic E-state index is 0.164. The molecular formula is C17H26ClN3O. The van der Waals surface area contributed by atoms with Gasteiger partial charge in [-0.05, 0) is 44.4 Å². The smallest absolute Gasteiger partial charge is 0.191 e. The number of benzene rings is 1. The van der Waals surface area contributed by atoms with Crippen LogP contribution in [-0.4, -0.2) is 38.8 Å². The maximum absolute atomic E-state index is 6.12. The van der Waals surface area contributed by atoms with Gasteiger partial charge < -0.3 is 15.4 Å². The number of hydrogen-bond donors (Lipinski definition) is 2. The van der Waals surface area contributed by atoms with Crippen LogP contribution in [-0.2, 0) is 10.2 Å². The van der Waals surface area contributed by atoms with Gasteiger partial charge >= 0.3 is 0 Å². The molecule has 1 saturated carbocycles. The van der Waals surface area contributed by atoms with Crippen molar-refractivity contribution in [2.45, 2.75) is 38.1 Å². The van der Waals surface area contributed by atoms with Crippen LogP contribution >= 0.6 is 11.6 Å². The van der Waals surface area contributed by atoms with Gasteiger partial charge in [0.05, 0.1) is 13.2 Å². The fraction of sp³-hybridized carbons (Fsp3) is 0.588. The average Bonchev–Trinajstić information content (AvgIpc) is 3.26. The lowest BCUT2D eigenvalue weighted by Gasteiger charge is -2.19. The zero-order chi connectivity index (χ0) is 16.0. The Morgan fingerprint density at radius 2 is 2.23 bits per heavy atom. The number of aliphatic imine (C=N–C) groups is 1. The third-order valence-electron chi connectivity index (χ3n) is 3.97. The molecular weight excluding hydrogens is 298 g/mol. The lowest BCUT2D eigenvalue weighted by atomic mass is 9.96. The molecule has 1 unspecified atom stereocenters. The highest BCUT2D eigenvalue weighted by atomic mass is 35.5. The molecule has 0 saturated heterocycles. The second-order valence-corrected chi connectivity index (χ2v) is 6.42. The zero-order valence-electron chi connectivity index (χ0n) is 13.7. The van der Waals surface area contributed by atoms with Crippen molar-refractivity contribution in [3.05, 3.63) is 34.9 Å². The SMILES string of the molecule is CCNC(=NCC1(c2cccc(Cl)c2)CC1)NC(C)COC. The highest BCUT2D eigenvalue weighted by Crippen LogP contribution is 2.48. The van der Waals surface area contributed by atoms with Crippen molar-refractivity contribution in [3.8, 4) is 0 Å². The highest BCUT2D eigenvalue weighted by molar-refractivity contribution is 6.30. The molecule has 2 N–H and O–H groups in total. The van der Waals surface area contributed by atoms with Crippen LogP contribution in [0.3, 0.4) is 0 Å². The number of hydrogen-bond acceptors (Lipinski definition) is 2. The molecule has 4 nitrogen and oxygen atoms in total. The lowest BCUT2D eigenvalue weighted by molar-refractivity contribution is 0.179. The molecule has 0 spiro atoms. The Morgan fingerprint density at radius 1 is 1.45 bits per heavy atom. The third kappa shape index (κ3) is 4.62. The van der Waals surface area contributed by atoms with E-state index in [1.807, 2.05) is 12.1 Å². The molecule has 1 aliphatic carbocycles. The maximum atomic E-state index is 6.12. The van der Waals surface area contributed by atoms with E-state index in [2.05, 4.69) is 36.6 Å². The summed E-state index contributed by atoms with van der Waals surface area (Å²) in [5.41, 5.74) is 1.46. The van der Waals surface area contributed by atoms with E-state index in [1.165, 1.54) is 18.4 Å². The number of nitrogens with one attached hydrogen (secondary N) is 2. The van der Waals surface area contributed by atoms with Crippen LogP contribution in [0.4, 0.5) is 0 Å². The standard InChI is InChI=1S/C17H26ClN3O/c1-4-19-16(21-13(2)11-22-3)20-12-17(8-9-17)14-6-5-7-15(18)10-14/h5-7,10,13H,4,8-9,11-12H2,1-3H3,(H2,19,20,21). The first-order chi connectivity index (χ1) is 10.6. The molecule has 0 heterocycles. The van der Waals surface area contributed by atoms with Crippen molar-refractivity contribution in [2.24, 2.45) is 4.99 Å². The first-order valence-corrected chi connectivity index (χ1v) is 8.27. The van der Waals surface area contributed by atoms with Gasteiger partial charge in [-0.15, -0.1) is 0 Å². The normalized spacial score (nSPS) is 17.9. The fourth-order valence-electron chi connectivity index (χ4n) is 2.58. The van der Waals surface area contributed by atoms with E-state index in [1.54, 1.807) is 7.11 Å². The third-order valence-corrected chi connectivity index (χ3v) is 4.21. The van der Waals surface area contributed by atoms with Gasteiger partial charge in [-0.2, -0.15) is 0 Å². The molecule has 0 bridgehead atoms. The summed E-state index contributed by atoms with van der Waals surface area (Å²) in [4.78, 5) is 4.77. The molecule has 0 amide bonds. The molecule has 122 valence electrons. The summed E-state index contributed by atoms with van der Waals surface area (Å²) in [6, 6.07) is 8.39. The van der Waals surface area contributed by atoms with Crippen LogP contribution in [0.15, 0.2) is 29.3 Å². The van der Waals surface area contributed by atoms with E-state index < -0.39 is 0 Å².